The zero-order valence-corrected chi connectivity index (χ0v) is 9.46. The van der Waals surface area contributed by atoms with Crippen molar-refractivity contribution < 1.29 is 0 Å². The molecule has 14 heavy (non-hydrogen) atoms. The Balaban J connectivity index is 2.28. The van der Waals surface area contributed by atoms with Crippen molar-refractivity contribution >= 4 is 0 Å². The molecule has 0 unspecified atom stereocenters. The summed E-state index contributed by atoms with van der Waals surface area (Å²) in [7, 11) is 4.19. The number of hydrogen-bond donors (Lipinski definition) is 2. The van der Waals surface area contributed by atoms with Crippen LogP contribution in [0.2, 0.25) is 0 Å². The molecule has 0 saturated heterocycles. The molecule has 1 heterocycles. The van der Waals surface area contributed by atoms with Gasteiger partial charge in [0.2, 0.25) is 0 Å². The van der Waals surface area contributed by atoms with Gasteiger partial charge in [-0.05, 0) is 27.9 Å². The minimum Gasteiger partial charge on any atom is -0.347 e. The smallest absolute Gasteiger partial charge is 0.0922 e. The number of imidazole rings is 1. The van der Waals surface area contributed by atoms with E-state index in [1.165, 1.54) is 0 Å². The van der Waals surface area contributed by atoms with Crippen molar-refractivity contribution in [2.75, 3.05) is 20.6 Å². The second-order valence-electron chi connectivity index (χ2n) is 4.39. The van der Waals surface area contributed by atoms with Crippen LogP contribution in [0.5, 0.6) is 0 Å². The molecule has 0 saturated carbocycles. The van der Waals surface area contributed by atoms with Gasteiger partial charge in [0.15, 0.2) is 0 Å². The summed E-state index contributed by atoms with van der Waals surface area (Å²) in [4.78, 5) is 9.25. The van der Waals surface area contributed by atoms with Crippen LogP contribution in [-0.2, 0) is 6.54 Å². The number of aromatic nitrogens is 2. The van der Waals surface area contributed by atoms with Gasteiger partial charge in [-0.25, -0.2) is 4.98 Å². The van der Waals surface area contributed by atoms with E-state index in [4.69, 9.17) is 0 Å². The number of nitrogens with one attached hydrogen (secondary N) is 2. The third-order valence-electron chi connectivity index (χ3n) is 2.64. The van der Waals surface area contributed by atoms with Crippen LogP contribution in [0.25, 0.3) is 0 Å². The maximum absolute atomic E-state index is 3.97. The van der Waals surface area contributed by atoms with E-state index in [2.05, 4.69) is 48.1 Å². The molecule has 4 heteroatoms. The number of rotatable bonds is 5. The highest BCUT2D eigenvalue weighted by Crippen LogP contribution is 2.07. The molecule has 1 aromatic rings. The van der Waals surface area contributed by atoms with Crippen molar-refractivity contribution in [2.24, 2.45) is 0 Å². The van der Waals surface area contributed by atoms with Gasteiger partial charge >= 0.3 is 0 Å². The Bertz CT molecular complexity index is 251. The minimum atomic E-state index is 0.181. The van der Waals surface area contributed by atoms with Crippen molar-refractivity contribution in [1.82, 2.24) is 20.2 Å². The number of H-pyrrole nitrogens is 1. The lowest BCUT2D eigenvalue weighted by Gasteiger charge is -2.32. The first kappa shape index (κ1) is 11.2. The van der Waals surface area contributed by atoms with Gasteiger partial charge in [0.05, 0.1) is 6.33 Å². The summed E-state index contributed by atoms with van der Waals surface area (Å²) in [5.74, 6) is 0. The van der Waals surface area contributed by atoms with Gasteiger partial charge in [-0.3, -0.25) is 0 Å². The molecular formula is C10H20N4. The van der Waals surface area contributed by atoms with E-state index in [9.17, 15) is 0 Å². The molecule has 0 atom stereocenters. The number of hydrogen-bond acceptors (Lipinski definition) is 3. The summed E-state index contributed by atoms with van der Waals surface area (Å²) in [6.45, 7) is 6.23. The summed E-state index contributed by atoms with van der Waals surface area (Å²) in [5, 5.41) is 3.40. The molecule has 4 nitrogen and oxygen atoms in total. The normalized spacial score (nSPS) is 12.4. The van der Waals surface area contributed by atoms with Crippen LogP contribution in [-0.4, -0.2) is 41.0 Å². The predicted molar refractivity (Wildman–Crippen MR) is 58.1 cm³/mol. The predicted octanol–water partition coefficient (Wildman–Crippen LogP) is 0.839. The summed E-state index contributed by atoms with van der Waals surface area (Å²) in [6, 6.07) is 0. The van der Waals surface area contributed by atoms with Crippen molar-refractivity contribution in [2.45, 2.75) is 25.9 Å². The Kier molecular flexibility index (Phi) is 3.66. The molecule has 0 aliphatic carbocycles. The molecule has 80 valence electrons. The Labute approximate surface area is 85.7 Å². The first-order valence-electron chi connectivity index (χ1n) is 4.88. The van der Waals surface area contributed by atoms with Gasteiger partial charge in [-0.15, -0.1) is 0 Å². The fraction of sp³-hybridized carbons (Fsp3) is 0.700. The van der Waals surface area contributed by atoms with Gasteiger partial charge in [0.25, 0.3) is 0 Å². The van der Waals surface area contributed by atoms with Crippen molar-refractivity contribution in [3.63, 3.8) is 0 Å². The van der Waals surface area contributed by atoms with E-state index in [1.54, 1.807) is 6.33 Å². The third-order valence-corrected chi connectivity index (χ3v) is 2.64. The third kappa shape index (κ3) is 3.12. The lowest BCUT2D eigenvalue weighted by Crippen LogP contribution is -2.46. The zero-order valence-electron chi connectivity index (χ0n) is 9.46. The maximum atomic E-state index is 3.97. The Hall–Kier alpha value is -0.870. The molecule has 1 aromatic heterocycles. The quantitative estimate of drug-likeness (QED) is 0.733. The summed E-state index contributed by atoms with van der Waals surface area (Å²) >= 11 is 0. The van der Waals surface area contributed by atoms with E-state index in [0.717, 1.165) is 18.8 Å². The fourth-order valence-electron chi connectivity index (χ4n) is 1.04. The number of aromatic amines is 1. The fourth-order valence-corrected chi connectivity index (χ4v) is 1.04. The van der Waals surface area contributed by atoms with E-state index in [-0.39, 0.29) is 5.54 Å². The number of likely N-dealkylation sites (N-methyl/N-ethyl adjacent to an activating group) is 1. The average Bonchev–Trinajstić information content (AvgIpc) is 2.56. The van der Waals surface area contributed by atoms with Gasteiger partial charge in [0.1, 0.15) is 0 Å². The minimum absolute atomic E-state index is 0.181. The molecule has 0 fully saturated rings. The highest BCUT2D eigenvalue weighted by molar-refractivity contribution is 4.94. The van der Waals surface area contributed by atoms with Gasteiger partial charge in [-0.2, -0.15) is 0 Å². The van der Waals surface area contributed by atoms with Crippen molar-refractivity contribution in [1.29, 1.82) is 0 Å². The SMILES string of the molecule is CN(C)C(C)(C)CNCc1cnc[nH]1. The molecular weight excluding hydrogens is 176 g/mol. The monoisotopic (exact) mass is 196 g/mol. The van der Waals surface area contributed by atoms with E-state index >= 15 is 0 Å². The topological polar surface area (TPSA) is 44.0 Å². The van der Waals surface area contributed by atoms with Crippen LogP contribution in [0, 0.1) is 0 Å². The molecule has 0 aromatic carbocycles. The molecule has 2 N–H and O–H groups in total. The Morgan fingerprint density at radius 3 is 2.71 bits per heavy atom. The van der Waals surface area contributed by atoms with Crippen LogP contribution in [0.3, 0.4) is 0 Å². The van der Waals surface area contributed by atoms with Gasteiger partial charge in [-0.1, -0.05) is 0 Å². The Morgan fingerprint density at radius 1 is 1.50 bits per heavy atom. The van der Waals surface area contributed by atoms with Gasteiger partial charge < -0.3 is 15.2 Å². The zero-order chi connectivity index (χ0) is 10.6. The van der Waals surface area contributed by atoms with Crippen molar-refractivity contribution in [3.05, 3.63) is 18.2 Å². The van der Waals surface area contributed by atoms with Crippen LogP contribution < -0.4 is 5.32 Å². The summed E-state index contributed by atoms with van der Waals surface area (Å²) in [6.07, 6.45) is 3.55. The lowest BCUT2D eigenvalue weighted by atomic mass is 10.0. The van der Waals surface area contributed by atoms with Crippen molar-refractivity contribution in [3.8, 4) is 0 Å². The average molecular weight is 196 g/mol. The first-order chi connectivity index (χ1) is 6.52. The van der Waals surface area contributed by atoms with E-state index in [0.29, 0.717) is 0 Å². The number of nitrogens with zero attached hydrogens (tertiary/aromatic N) is 2. The van der Waals surface area contributed by atoms with Gasteiger partial charge in [0, 0.05) is 30.5 Å². The largest absolute Gasteiger partial charge is 0.347 e. The second-order valence-corrected chi connectivity index (χ2v) is 4.39. The summed E-state index contributed by atoms with van der Waals surface area (Å²) < 4.78 is 0. The molecule has 0 spiro atoms. The molecule has 0 radical (unpaired) electrons. The molecule has 0 bridgehead atoms. The van der Waals surface area contributed by atoms with E-state index in [1.807, 2.05) is 6.20 Å². The molecule has 0 aliphatic rings. The Morgan fingerprint density at radius 2 is 2.21 bits per heavy atom. The highest BCUT2D eigenvalue weighted by Gasteiger charge is 2.19. The standard InChI is InChI=1S/C10H20N4/c1-10(2,14(3)4)7-11-5-9-6-12-8-13-9/h6,8,11H,5,7H2,1-4H3,(H,12,13). The summed E-state index contributed by atoms with van der Waals surface area (Å²) in [5.41, 5.74) is 1.31. The highest BCUT2D eigenvalue weighted by atomic mass is 15.2. The lowest BCUT2D eigenvalue weighted by molar-refractivity contribution is 0.189. The second kappa shape index (κ2) is 4.57. The van der Waals surface area contributed by atoms with Crippen LogP contribution in [0.1, 0.15) is 19.5 Å². The van der Waals surface area contributed by atoms with E-state index < -0.39 is 0 Å². The molecule has 0 aliphatic heterocycles. The molecule has 1 rings (SSSR count). The molecule has 0 amide bonds. The van der Waals surface area contributed by atoms with Crippen LogP contribution >= 0.6 is 0 Å². The first-order valence-corrected chi connectivity index (χ1v) is 4.88. The van der Waals surface area contributed by atoms with Crippen LogP contribution in [0.15, 0.2) is 12.5 Å². The van der Waals surface area contributed by atoms with Crippen LogP contribution in [0.4, 0.5) is 0 Å². The maximum Gasteiger partial charge on any atom is 0.0922 e.